The number of carboxylic acid groups (broad SMARTS) is 1. The Hall–Kier alpha value is -1.47. The van der Waals surface area contributed by atoms with Crippen molar-refractivity contribution >= 4 is 41.1 Å². The van der Waals surface area contributed by atoms with Crippen LogP contribution in [0.25, 0.3) is 0 Å². The number of hydrogen-bond acceptors (Lipinski definition) is 3. The zero-order valence-corrected chi connectivity index (χ0v) is 11.2. The molecule has 8 heteroatoms. The summed E-state index contributed by atoms with van der Waals surface area (Å²) < 4.78 is 13.2. The van der Waals surface area contributed by atoms with E-state index in [1.165, 1.54) is 28.8 Å². The number of halogens is 2. The van der Waals surface area contributed by atoms with Crippen molar-refractivity contribution in [3.63, 3.8) is 0 Å². The first-order valence-corrected chi connectivity index (χ1v) is 6.85. The maximum absolute atomic E-state index is 13.2. The van der Waals surface area contributed by atoms with Crippen LogP contribution in [0.1, 0.15) is 0 Å². The Labute approximate surface area is 117 Å². The molecule has 19 heavy (non-hydrogen) atoms. The van der Waals surface area contributed by atoms with Crippen molar-refractivity contribution in [1.29, 1.82) is 0 Å². The van der Waals surface area contributed by atoms with Crippen molar-refractivity contribution in [3.8, 4) is 0 Å². The number of nitrogens with one attached hydrogen (secondary N) is 1. The third-order valence-corrected chi connectivity index (χ3v) is 3.92. The molecule has 0 radical (unpaired) electrons. The van der Waals surface area contributed by atoms with Crippen molar-refractivity contribution in [2.45, 2.75) is 6.04 Å². The summed E-state index contributed by atoms with van der Waals surface area (Å²) in [4.78, 5) is 24.1. The van der Waals surface area contributed by atoms with Crippen LogP contribution in [0.15, 0.2) is 18.2 Å². The minimum atomic E-state index is -1.05. The van der Waals surface area contributed by atoms with E-state index in [1.54, 1.807) is 0 Å². The van der Waals surface area contributed by atoms with Gasteiger partial charge in [-0.25, -0.2) is 14.0 Å². The fourth-order valence-corrected chi connectivity index (χ4v) is 2.88. The van der Waals surface area contributed by atoms with Gasteiger partial charge in [0.05, 0.1) is 10.9 Å². The largest absolute Gasteiger partial charge is 0.480 e. The second-order valence-corrected chi connectivity index (χ2v) is 5.29. The molecule has 0 bridgehead atoms. The second-order valence-electron chi connectivity index (χ2n) is 3.88. The van der Waals surface area contributed by atoms with Gasteiger partial charge >= 0.3 is 12.0 Å². The molecule has 1 aliphatic heterocycles. The van der Waals surface area contributed by atoms with E-state index in [4.69, 9.17) is 16.7 Å². The SMILES string of the molecule is O=C(O)C1CSCN1C(=O)Nc1ccc(Cl)c(F)c1. The molecule has 0 aliphatic carbocycles. The Morgan fingerprint density at radius 1 is 1.53 bits per heavy atom. The highest BCUT2D eigenvalue weighted by molar-refractivity contribution is 7.99. The number of carbonyl (C=O) groups excluding carboxylic acids is 1. The molecule has 2 rings (SSSR count). The summed E-state index contributed by atoms with van der Waals surface area (Å²) in [6, 6.07) is 2.42. The summed E-state index contributed by atoms with van der Waals surface area (Å²) in [6.07, 6.45) is 0. The number of carbonyl (C=O) groups is 2. The van der Waals surface area contributed by atoms with Crippen LogP contribution in [0.4, 0.5) is 14.9 Å². The fraction of sp³-hybridized carbons (Fsp3) is 0.273. The molecule has 0 aromatic heterocycles. The quantitative estimate of drug-likeness (QED) is 0.880. The van der Waals surface area contributed by atoms with Gasteiger partial charge in [-0.3, -0.25) is 0 Å². The summed E-state index contributed by atoms with van der Waals surface area (Å²) in [5.74, 6) is -1.07. The smallest absolute Gasteiger partial charge is 0.327 e. The van der Waals surface area contributed by atoms with Gasteiger partial charge in [0.2, 0.25) is 0 Å². The highest BCUT2D eigenvalue weighted by atomic mass is 35.5. The first-order chi connectivity index (χ1) is 8.99. The maximum atomic E-state index is 13.2. The fourth-order valence-electron chi connectivity index (χ4n) is 1.62. The van der Waals surface area contributed by atoms with Crippen LogP contribution in [-0.2, 0) is 4.79 Å². The molecule has 1 aromatic rings. The Balaban J connectivity index is 2.08. The lowest BCUT2D eigenvalue weighted by atomic mass is 10.3. The topological polar surface area (TPSA) is 69.6 Å². The Morgan fingerprint density at radius 2 is 2.26 bits per heavy atom. The number of amides is 2. The van der Waals surface area contributed by atoms with Crippen LogP contribution in [0, 0.1) is 5.82 Å². The van der Waals surface area contributed by atoms with E-state index in [9.17, 15) is 14.0 Å². The lowest BCUT2D eigenvalue weighted by molar-refractivity contribution is -0.140. The number of anilines is 1. The van der Waals surface area contributed by atoms with Crippen LogP contribution in [-0.4, -0.2) is 39.7 Å². The highest BCUT2D eigenvalue weighted by Gasteiger charge is 2.34. The van der Waals surface area contributed by atoms with Crippen LogP contribution in [0.3, 0.4) is 0 Å². The molecule has 1 atom stereocenters. The van der Waals surface area contributed by atoms with Crippen molar-refractivity contribution in [1.82, 2.24) is 4.90 Å². The molecule has 1 aromatic carbocycles. The highest BCUT2D eigenvalue weighted by Crippen LogP contribution is 2.23. The van der Waals surface area contributed by atoms with Gasteiger partial charge in [0.25, 0.3) is 0 Å². The van der Waals surface area contributed by atoms with Crippen molar-refractivity contribution in [2.75, 3.05) is 16.9 Å². The maximum Gasteiger partial charge on any atom is 0.327 e. The van der Waals surface area contributed by atoms with Gasteiger partial charge in [-0.1, -0.05) is 11.6 Å². The van der Waals surface area contributed by atoms with Gasteiger partial charge in [-0.2, -0.15) is 0 Å². The standard InChI is InChI=1S/C11H10ClFN2O3S/c12-7-2-1-6(3-8(7)13)14-11(18)15-5-19-4-9(15)10(16)17/h1-3,9H,4-5H2,(H,14,18)(H,16,17). The van der Waals surface area contributed by atoms with Crippen LogP contribution < -0.4 is 5.32 Å². The Kier molecular flexibility index (Phi) is 4.16. The number of urea groups is 1. The summed E-state index contributed by atoms with van der Waals surface area (Å²) >= 11 is 6.88. The molecule has 2 N–H and O–H groups in total. The number of aliphatic carboxylic acids is 1. The molecular weight excluding hydrogens is 295 g/mol. The number of hydrogen-bond donors (Lipinski definition) is 2. The van der Waals surface area contributed by atoms with Crippen molar-refractivity contribution in [3.05, 3.63) is 29.0 Å². The van der Waals surface area contributed by atoms with Gasteiger partial charge in [0.1, 0.15) is 11.9 Å². The van der Waals surface area contributed by atoms with Crippen LogP contribution >= 0.6 is 23.4 Å². The normalized spacial score (nSPS) is 18.4. The number of nitrogens with zero attached hydrogens (tertiary/aromatic N) is 1. The molecule has 1 unspecified atom stereocenters. The Bertz CT molecular complexity index is 529. The third kappa shape index (κ3) is 3.10. The summed E-state index contributed by atoms with van der Waals surface area (Å²) in [7, 11) is 0. The van der Waals surface area contributed by atoms with Gasteiger partial charge in [-0.05, 0) is 18.2 Å². The molecule has 5 nitrogen and oxygen atoms in total. The van der Waals surface area contributed by atoms with E-state index in [0.717, 1.165) is 6.07 Å². The second kappa shape index (κ2) is 5.66. The number of rotatable bonds is 2. The van der Waals surface area contributed by atoms with E-state index in [1.807, 2.05) is 0 Å². The molecule has 102 valence electrons. The number of benzene rings is 1. The first kappa shape index (κ1) is 14.0. The number of carboxylic acids is 1. The minimum Gasteiger partial charge on any atom is -0.480 e. The van der Waals surface area contributed by atoms with Gasteiger partial charge < -0.3 is 15.3 Å². The molecule has 0 saturated carbocycles. The van der Waals surface area contributed by atoms with E-state index in [0.29, 0.717) is 11.6 Å². The molecule has 1 saturated heterocycles. The average Bonchev–Trinajstić information content (AvgIpc) is 2.83. The van der Waals surface area contributed by atoms with Gasteiger partial charge in [0, 0.05) is 11.4 Å². The van der Waals surface area contributed by atoms with Crippen molar-refractivity contribution < 1.29 is 19.1 Å². The summed E-state index contributed by atoms with van der Waals surface area (Å²) in [5, 5.41) is 11.4. The first-order valence-electron chi connectivity index (χ1n) is 5.32. The van der Waals surface area contributed by atoms with Crippen molar-refractivity contribution in [2.24, 2.45) is 0 Å². The van der Waals surface area contributed by atoms with Gasteiger partial charge in [0.15, 0.2) is 0 Å². The lowest BCUT2D eigenvalue weighted by Gasteiger charge is -2.20. The van der Waals surface area contributed by atoms with Crippen LogP contribution in [0.5, 0.6) is 0 Å². The van der Waals surface area contributed by atoms with E-state index in [-0.39, 0.29) is 10.7 Å². The van der Waals surface area contributed by atoms with E-state index in [2.05, 4.69) is 5.32 Å². The Morgan fingerprint density at radius 3 is 2.89 bits per heavy atom. The molecule has 1 aliphatic rings. The predicted octanol–water partition coefficient (Wildman–Crippen LogP) is 2.47. The lowest BCUT2D eigenvalue weighted by Crippen LogP contribution is -2.43. The zero-order valence-electron chi connectivity index (χ0n) is 9.60. The molecule has 1 heterocycles. The van der Waals surface area contributed by atoms with Gasteiger partial charge in [-0.15, -0.1) is 11.8 Å². The van der Waals surface area contributed by atoms with E-state index >= 15 is 0 Å². The third-order valence-electron chi connectivity index (χ3n) is 2.60. The summed E-state index contributed by atoms with van der Waals surface area (Å²) in [5.41, 5.74) is 0.230. The summed E-state index contributed by atoms with van der Waals surface area (Å²) in [6.45, 7) is 0. The minimum absolute atomic E-state index is 0.0434. The molecular formula is C11H10ClFN2O3S. The monoisotopic (exact) mass is 304 g/mol. The predicted molar refractivity (Wildman–Crippen MR) is 71.0 cm³/mol. The van der Waals surface area contributed by atoms with E-state index < -0.39 is 23.9 Å². The average molecular weight is 305 g/mol. The molecule has 0 spiro atoms. The molecule has 1 fully saturated rings. The van der Waals surface area contributed by atoms with Crippen LogP contribution in [0.2, 0.25) is 5.02 Å². The molecule has 2 amide bonds. The zero-order chi connectivity index (χ0) is 14.0. The number of thioether (sulfide) groups is 1.